The van der Waals surface area contributed by atoms with Gasteiger partial charge in [0, 0.05) is 6.08 Å². The molecule has 0 unspecified atom stereocenters. The molecule has 0 radical (unpaired) electrons. The minimum absolute atomic E-state index is 0.821. The summed E-state index contributed by atoms with van der Waals surface area (Å²) in [7, 11) is 0. The van der Waals surface area contributed by atoms with E-state index in [1.54, 1.807) is 0 Å². The van der Waals surface area contributed by atoms with E-state index in [4.69, 9.17) is 5.11 Å². The van der Waals surface area contributed by atoms with Crippen LogP contribution < -0.4 is 0 Å². The smallest absolute Gasteiger partial charge is 0.328 e. The van der Waals surface area contributed by atoms with E-state index in [1.807, 2.05) is 6.92 Å². The molecule has 0 aliphatic heterocycles. The van der Waals surface area contributed by atoms with Crippen molar-refractivity contribution >= 4 is 5.97 Å². The molecule has 1 N–H and O–H groups in total. The van der Waals surface area contributed by atoms with Gasteiger partial charge < -0.3 is 5.11 Å². The van der Waals surface area contributed by atoms with E-state index < -0.39 is 5.97 Å². The topological polar surface area (TPSA) is 37.3 Å². The second-order valence-corrected chi connectivity index (χ2v) is 6.85. The normalized spacial score (nSPS) is 14.2. The second-order valence-electron chi connectivity index (χ2n) is 6.85. The first-order valence-electron chi connectivity index (χ1n) is 9.22. The van der Waals surface area contributed by atoms with Crippen LogP contribution in [0.25, 0.3) is 0 Å². The van der Waals surface area contributed by atoms with Gasteiger partial charge in [-0.2, -0.15) is 0 Å². The Labute approximate surface area is 149 Å². The zero-order valence-corrected chi connectivity index (χ0v) is 16.3. The van der Waals surface area contributed by atoms with Crippen LogP contribution in [0.3, 0.4) is 0 Å². The maximum absolute atomic E-state index is 10.6. The van der Waals surface area contributed by atoms with Gasteiger partial charge in [0.1, 0.15) is 0 Å². The first-order valence-corrected chi connectivity index (χ1v) is 9.22. The third kappa shape index (κ3) is 14.0. The molecule has 0 saturated heterocycles. The molecule has 0 aromatic heterocycles. The molecule has 0 rings (SSSR count). The molecule has 2 nitrogen and oxygen atoms in total. The lowest BCUT2D eigenvalue weighted by Crippen LogP contribution is -1.89. The quantitative estimate of drug-likeness (QED) is 0.308. The zero-order valence-electron chi connectivity index (χ0n) is 16.3. The molecule has 0 aromatic carbocycles. The summed E-state index contributed by atoms with van der Waals surface area (Å²) in [6.07, 6.45) is 16.9. The molecular formula is C22H36O2. The highest BCUT2D eigenvalue weighted by atomic mass is 16.4. The molecule has 0 saturated carbocycles. The molecule has 0 amide bonds. The lowest BCUT2D eigenvalue weighted by atomic mass is 10.0. The maximum Gasteiger partial charge on any atom is 0.328 e. The summed E-state index contributed by atoms with van der Waals surface area (Å²) < 4.78 is 0. The number of carboxylic acids is 1. The molecule has 24 heavy (non-hydrogen) atoms. The van der Waals surface area contributed by atoms with Crippen molar-refractivity contribution in [3.05, 3.63) is 46.6 Å². The summed E-state index contributed by atoms with van der Waals surface area (Å²) in [5.74, 6) is -0.853. The summed E-state index contributed by atoms with van der Waals surface area (Å²) in [6, 6.07) is 0. The number of hydrogen-bond donors (Lipinski definition) is 1. The van der Waals surface area contributed by atoms with Gasteiger partial charge in [-0.05, 0) is 72.6 Å². The average Bonchev–Trinajstić information content (AvgIpc) is 2.46. The predicted molar refractivity (Wildman–Crippen MR) is 105 cm³/mol. The predicted octanol–water partition coefficient (Wildman–Crippen LogP) is 7.00. The molecule has 0 aliphatic rings. The Morgan fingerprint density at radius 2 is 1.08 bits per heavy atom. The van der Waals surface area contributed by atoms with Crippen molar-refractivity contribution in [3.63, 3.8) is 0 Å². The summed E-state index contributed by atoms with van der Waals surface area (Å²) in [6.45, 7) is 10.7. The lowest BCUT2D eigenvalue weighted by Gasteiger charge is -2.03. The van der Waals surface area contributed by atoms with E-state index in [0.717, 1.165) is 44.1 Å². The van der Waals surface area contributed by atoms with Crippen LogP contribution in [-0.2, 0) is 4.79 Å². The molecule has 136 valence electrons. The minimum atomic E-state index is -0.853. The Balaban J connectivity index is 4.04. The van der Waals surface area contributed by atoms with Crippen molar-refractivity contribution in [1.82, 2.24) is 0 Å². The van der Waals surface area contributed by atoms with Crippen LogP contribution in [-0.4, -0.2) is 11.1 Å². The van der Waals surface area contributed by atoms with E-state index in [2.05, 4.69) is 45.9 Å². The van der Waals surface area contributed by atoms with E-state index in [1.165, 1.54) is 35.6 Å². The van der Waals surface area contributed by atoms with Crippen LogP contribution >= 0.6 is 0 Å². The third-order valence-electron chi connectivity index (χ3n) is 4.11. The van der Waals surface area contributed by atoms with E-state index >= 15 is 0 Å². The molecule has 0 spiro atoms. The fraction of sp³-hybridized carbons (Fsp3) is 0.591. The molecule has 0 aromatic rings. The van der Waals surface area contributed by atoms with Gasteiger partial charge in [0.05, 0.1) is 0 Å². The van der Waals surface area contributed by atoms with Crippen molar-refractivity contribution in [2.24, 2.45) is 0 Å². The highest BCUT2D eigenvalue weighted by molar-refractivity contribution is 5.80. The van der Waals surface area contributed by atoms with E-state index in [9.17, 15) is 4.79 Å². The number of rotatable bonds is 12. The van der Waals surface area contributed by atoms with Crippen molar-refractivity contribution in [3.8, 4) is 0 Å². The molecule has 0 bridgehead atoms. The highest BCUT2D eigenvalue weighted by Gasteiger charge is 1.95. The van der Waals surface area contributed by atoms with E-state index in [-0.39, 0.29) is 0 Å². The minimum Gasteiger partial charge on any atom is -0.478 e. The standard InChI is InChI=1S/C22H36O2/c1-6-10-18(2)11-7-12-19(3)13-8-14-20(4)15-9-16-21(5)17-22(23)24/h11,13,15,17H,6-10,12,14,16H2,1-5H3,(H,23,24)/b18-11+,19-13+,20-15+,21-17+. The zero-order chi connectivity index (χ0) is 18.4. The third-order valence-corrected chi connectivity index (χ3v) is 4.11. The van der Waals surface area contributed by atoms with Crippen LogP contribution in [0.4, 0.5) is 0 Å². The van der Waals surface area contributed by atoms with Crippen molar-refractivity contribution in [1.29, 1.82) is 0 Å². The van der Waals surface area contributed by atoms with Crippen molar-refractivity contribution in [2.45, 2.75) is 86.0 Å². The van der Waals surface area contributed by atoms with Crippen molar-refractivity contribution in [2.75, 3.05) is 0 Å². The maximum atomic E-state index is 10.6. The van der Waals surface area contributed by atoms with Gasteiger partial charge in [-0.15, -0.1) is 0 Å². The fourth-order valence-corrected chi connectivity index (χ4v) is 2.62. The molecule has 2 heteroatoms. The number of carboxylic acid groups (broad SMARTS) is 1. The summed E-state index contributed by atoms with van der Waals surface area (Å²) in [5, 5.41) is 8.68. The van der Waals surface area contributed by atoms with Gasteiger partial charge in [-0.3, -0.25) is 0 Å². The van der Waals surface area contributed by atoms with Crippen LogP contribution in [0.2, 0.25) is 0 Å². The molecule has 0 heterocycles. The van der Waals surface area contributed by atoms with Crippen LogP contribution in [0.15, 0.2) is 46.6 Å². The highest BCUT2D eigenvalue weighted by Crippen LogP contribution is 2.14. The largest absolute Gasteiger partial charge is 0.478 e. The van der Waals surface area contributed by atoms with Gasteiger partial charge in [0.2, 0.25) is 0 Å². The summed E-state index contributed by atoms with van der Waals surface area (Å²) in [4.78, 5) is 10.6. The Morgan fingerprint density at radius 1 is 0.708 bits per heavy atom. The van der Waals surface area contributed by atoms with Gasteiger partial charge in [0.15, 0.2) is 0 Å². The van der Waals surface area contributed by atoms with Crippen LogP contribution in [0.1, 0.15) is 86.0 Å². The SMILES string of the molecule is CCC/C(C)=C/CC/C(C)=C/CC/C(C)=C/CC/C(C)=C/C(=O)O. The Hall–Kier alpha value is -1.57. The van der Waals surface area contributed by atoms with Crippen LogP contribution in [0, 0.1) is 0 Å². The lowest BCUT2D eigenvalue weighted by molar-refractivity contribution is -0.131. The number of hydrogen-bond acceptors (Lipinski definition) is 1. The fourth-order valence-electron chi connectivity index (χ4n) is 2.62. The first-order chi connectivity index (χ1) is 11.3. The molecule has 0 aliphatic carbocycles. The monoisotopic (exact) mass is 332 g/mol. The Morgan fingerprint density at radius 3 is 1.46 bits per heavy atom. The molecule has 0 atom stereocenters. The Kier molecular flexibility index (Phi) is 12.9. The van der Waals surface area contributed by atoms with Crippen molar-refractivity contribution < 1.29 is 9.90 Å². The molecular weight excluding hydrogens is 296 g/mol. The van der Waals surface area contributed by atoms with Crippen LogP contribution in [0.5, 0.6) is 0 Å². The van der Waals surface area contributed by atoms with Gasteiger partial charge in [0.25, 0.3) is 0 Å². The molecule has 0 fully saturated rings. The second kappa shape index (κ2) is 13.8. The summed E-state index contributed by atoms with van der Waals surface area (Å²) in [5.41, 5.74) is 5.30. The van der Waals surface area contributed by atoms with E-state index in [0.29, 0.717) is 0 Å². The van der Waals surface area contributed by atoms with Gasteiger partial charge in [-0.25, -0.2) is 4.79 Å². The number of allylic oxidation sites excluding steroid dienone is 7. The summed E-state index contributed by atoms with van der Waals surface area (Å²) >= 11 is 0. The van der Waals surface area contributed by atoms with Gasteiger partial charge in [-0.1, -0.05) is 53.9 Å². The first kappa shape index (κ1) is 22.4. The average molecular weight is 333 g/mol. The van der Waals surface area contributed by atoms with Gasteiger partial charge >= 0.3 is 5.97 Å². The Bertz CT molecular complexity index is 490. The number of aliphatic carboxylic acids is 1. The number of carbonyl (C=O) groups is 1.